The van der Waals surface area contributed by atoms with Gasteiger partial charge in [0.05, 0.1) is 17.9 Å². The Balaban J connectivity index is 1.88. The Hall–Kier alpha value is -4.48. The van der Waals surface area contributed by atoms with Gasteiger partial charge in [0.25, 0.3) is 5.91 Å². The molecule has 0 aromatic heterocycles. The number of azo groups is 1. The first kappa shape index (κ1) is 29.7. The number of hydrogen-bond donors (Lipinski definition) is 3. The molecule has 0 fully saturated rings. The first-order valence-corrected chi connectivity index (χ1v) is 11.9. The molecule has 12 nitrogen and oxygen atoms in total. The summed E-state index contributed by atoms with van der Waals surface area (Å²) in [7, 11) is 3.89. The fraction of sp³-hybridized carbons (Fsp3) is 0.385. The van der Waals surface area contributed by atoms with E-state index in [9.17, 15) is 19.2 Å². The molecule has 2 aromatic carbocycles. The number of carbonyl (C=O) groups is 4. The molecule has 3 N–H and O–H groups in total. The van der Waals surface area contributed by atoms with Gasteiger partial charge in [0.15, 0.2) is 0 Å². The number of aliphatic carboxylic acids is 1. The number of nitrogens with zero attached hydrogens (tertiary/aromatic N) is 4. The van der Waals surface area contributed by atoms with Crippen LogP contribution in [0.5, 0.6) is 0 Å². The van der Waals surface area contributed by atoms with Gasteiger partial charge < -0.3 is 30.3 Å². The van der Waals surface area contributed by atoms with E-state index in [4.69, 9.17) is 9.84 Å². The van der Waals surface area contributed by atoms with Crippen LogP contribution in [0.2, 0.25) is 0 Å². The van der Waals surface area contributed by atoms with Crippen LogP contribution in [0.3, 0.4) is 0 Å². The Morgan fingerprint density at radius 1 is 0.895 bits per heavy atom. The van der Waals surface area contributed by atoms with Crippen molar-refractivity contribution in [1.29, 1.82) is 0 Å². The van der Waals surface area contributed by atoms with Crippen molar-refractivity contribution in [2.45, 2.75) is 26.4 Å². The van der Waals surface area contributed by atoms with Crippen LogP contribution in [0.25, 0.3) is 0 Å². The van der Waals surface area contributed by atoms with E-state index in [-0.39, 0.29) is 13.1 Å². The Labute approximate surface area is 221 Å². The van der Waals surface area contributed by atoms with Gasteiger partial charge in [-0.25, -0.2) is 4.79 Å². The highest BCUT2D eigenvalue weighted by molar-refractivity contribution is 5.97. The number of anilines is 1. The van der Waals surface area contributed by atoms with E-state index in [0.717, 1.165) is 10.6 Å². The standard InChI is InChI=1S/C26H34N6O6/c1-26(2,3)38-25(37)27-14-15-32(17-23(34)35)22(33)16-28-24(36)18-6-8-19(9-7-18)29-30-20-10-12-21(13-11-20)31(4)5/h6-13H,14-17H2,1-5H3,(H,27,37)(H,28,36)(H,34,35)/b30-29+. The molecule has 2 aromatic rings. The van der Waals surface area contributed by atoms with Crippen LogP contribution in [0.4, 0.5) is 21.9 Å². The minimum Gasteiger partial charge on any atom is -0.480 e. The van der Waals surface area contributed by atoms with E-state index < -0.39 is 42.6 Å². The molecule has 204 valence electrons. The molecule has 0 unspecified atom stereocenters. The second-order valence-electron chi connectivity index (χ2n) is 9.48. The second kappa shape index (κ2) is 13.7. The number of rotatable bonds is 11. The zero-order valence-electron chi connectivity index (χ0n) is 22.2. The second-order valence-corrected chi connectivity index (χ2v) is 9.48. The zero-order chi connectivity index (χ0) is 28.3. The Kier molecular flexibility index (Phi) is 10.7. The lowest BCUT2D eigenvalue weighted by Gasteiger charge is -2.23. The number of alkyl carbamates (subject to hydrolysis) is 1. The monoisotopic (exact) mass is 526 g/mol. The summed E-state index contributed by atoms with van der Waals surface area (Å²) in [5, 5.41) is 22.4. The van der Waals surface area contributed by atoms with Gasteiger partial charge in [-0.05, 0) is 69.3 Å². The van der Waals surface area contributed by atoms with E-state index >= 15 is 0 Å². The molecule has 0 radical (unpaired) electrons. The number of carboxylic acids is 1. The predicted molar refractivity (Wildman–Crippen MR) is 142 cm³/mol. The highest BCUT2D eigenvalue weighted by Gasteiger charge is 2.20. The number of ether oxygens (including phenoxy) is 1. The molecule has 0 aliphatic carbocycles. The lowest BCUT2D eigenvalue weighted by atomic mass is 10.2. The number of hydrogen-bond acceptors (Lipinski definition) is 8. The third-order valence-corrected chi connectivity index (χ3v) is 4.91. The number of carbonyl (C=O) groups excluding carboxylic acids is 3. The van der Waals surface area contributed by atoms with Crippen molar-refractivity contribution in [3.63, 3.8) is 0 Å². The average molecular weight is 527 g/mol. The van der Waals surface area contributed by atoms with E-state index in [1.165, 1.54) is 0 Å². The van der Waals surface area contributed by atoms with Crippen molar-refractivity contribution in [3.05, 3.63) is 54.1 Å². The summed E-state index contributed by atoms with van der Waals surface area (Å²) in [6.45, 7) is 4.04. The molecule has 0 heterocycles. The number of nitrogens with one attached hydrogen (secondary N) is 2. The van der Waals surface area contributed by atoms with Crippen LogP contribution in [0.15, 0.2) is 58.8 Å². The minimum absolute atomic E-state index is 0.0162. The summed E-state index contributed by atoms with van der Waals surface area (Å²) in [5.41, 5.74) is 1.87. The van der Waals surface area contributed by atoms with Crippen molar-refractivity contribution in [1.82, 2.24) is 15.5 Å². The summed E-state index contributed by atoms with van der Waals surface area (Å²) in [5.74, 6) is -2.35. The van der Waals surface area contributed by atoms with Gasteiger partial charge in [0.1, 0.15) is 12.1 Å². The maximum atomic E-state index is 12.5. The number of amides is 3. The van der Waals surface area contributed by atoms with Crippen LogP contribution in [-0.4, -0.2) is 79.8 Å². The number of carboxylic acid groups (broad SMARTS) is 1. The Morgan fingerprint density at radius 2 is 1.45 bits per heavy atom. The largest absolute Gasteiger partial charge is 0.480 e. The van der Waals surface area contributed by atoms with Crippen LogP contribution in [0, 0.1) is 0 Å². The fourth-order valence-corrected chi connectivity index (χ4v) is 3.04. The highest BCUT2D eigenvalue weighted by atomic mass is 16.6. The molecule has 2 rings (SSSR count). The van der Waals surface area contributed by atoms with Gasteiger partial charge in [-0.2, -0.15) is 10.2 Å². The third kappa shape index (κ3) is 10.6. The summed E-state index contributed by atoms with van der Waals surface area (Å²) in [6, 6.07) is 13.9. The lowest BCUT2D eigenvalue weighted by molar-refractivity contribution is -0.144. The van der Waals surface area contributed by atoms with Crippen molar-refractivity contribution in [3.8, 4) is 0 Å². The molecule has 3 amide bonds. The third-order valence-electron chi connectivity index (χ3n) is 4.91. The van der Waals surface area contributed by atoms with Gasteiger partial charge in [0, 0.05) is 38.4 Å². The quantitative estimate of drug-likeness (QED) is 0.380. The summed E-state index contributed by atoms with van der Waals surface area (Å²) >= 11 is 0. The Bertz CT molecular complexity index is 1140. The predicted octanol–water partition coefficient (Wildman–Crippen LogP) is 3.34. The molecule has 0 atom stereocenters. The van der Waals surface area contributed by atoms with Gasteiger partial charge in [-0.3, -0.25) is 14.4 Å². The molecule has 0 aliphatic rings. The molecule has 0 spiro atoms. The molecule has 0 saturated carbocycles. The fourth-order valence-electron chi connectivity index (χ4n) is 3.04. The molecular formula is C26H34N6O6. The van der Waals surface area contributed by atoms with Crippen LogP contribution < -0.4 is 15.5 Å². The van der Waals surface area contributed by atoms with E-state index in [0.29, 0.717) is 16.9 Å². The van der Waals surface area contributed by atoms with Crippen LogP contribution in [0.1, 0.15) is 31.1 Å². The Morgan fingerprint density at radius 3 is 1.95 bits per heavy atom. The molecule has 0 saturated heterocycles. The van der Waals surface area contributed by atoms with Gasteiger partial charge in [-0.15, -0.1) is 0 Å². The summed E-state index contributed by atoms with van der Waals surface area (Å²) < 4.78 is 5.11. The minimum atomic E-state index is -1.22. The summed E-state index contributed by atoms with van der Waals surface area (Å²) in [6.07, 6.45) is -0.682. The lowest BCUT2D eigenvalue weighted by Crippen LogP contribution is -2.46. The summed E-state index contributed by atoms with van der Waals surface area (Å²) in [4.78, 5) is 50.9. The molecule has 0 aliphatic heterocycles. The maximum Gasteiger partial charge on any atom is 0.407 e. The van der Waals surface area contributed by atoms with Crippen molar-refractivity contribution in [2.75, 3.05) is 45.2 Å². The maximum absolute atomic E-state index is 12.5. The normalized spacial score (nSPS) is 11.1. The van der Waals surface area contributed by atoms with Gasteiger partial charge in [-0.1, -0.05) is 0 Å². The average Bonchev–Trinajstić information content (AvgIpc) is 2.84. The van der Waals surface area contributed by atoms with Crippen LogP contribution >= 0.6 is 0 Å². The zero-order valence-corrected chi connectivity index (χ0v) is 22.2. The molecule has 0 bridgehead atoms. The highest BCUT2D eigenvalue weighted by Crippen LogP contribution is 2.21. The topological polar surface area (TPSA) is 153 Å². The number of benzene rings is 2. The van der Waals surface area contributed by atoms with Crippen molar-refractivity contribution >= 4 is 40.9 Å². The SMILES string of the molecule is CN(C)c1ccc(/N=N/c2ccc(C(=O)NCC(=O)N(CCNC(=O)OC(C)(C)C)CC(=O)O)cc2)cc1. The smallest absolute Gasteiger partial charge is 0.407 e. The molecule has 38 heavy (non-hydrogen) atoms. The van der Waals surface area contributed by atoms with Gasteiger partial charge >= 0.3 is 12.1 Å². The van der Waals surface area contributed by atoms with Crippen molar-refractivity contribution in [2.24, 2.45) is 10.2 Å². The van der Waals surface area contributed by atoms with E-state index in [1.54, 1.807) is 45.0 Å². The first-order chi connectivity index (χ1) is 17.8. The molecule has 12 heteroatoms. The van der Waals surface area contributed by atoms with Crippen LogP contribution in [-0.2, 0) is 14.3 Å². The molecular weight excluding hydrogens is 492 g/mol. The van der Waals surface area contributed by atoms with Gasteiger partial charge in [0.2, 0.25) is 5.91 Å². The van der Waals surface area contributed by atoms with E-state index in [2.05, 4.69) is 20.9 Å². The van der Waals surface area contributed by atoms with E-state index in [1.807, 2.05) is 43.3 Å². The van der Waals surface area contributed by atoms with Crippen molar-refractivity contribution < 1.29 is 29.0 Å². The first-order valence-electron chi connectivity index (χ1n) is 11.9.